The standard InChI is InChI=1S/C14H24I2Si2/c1-5-17(15,6-2)13-11-9-10-12-14(13)18(16,7-3)8-4/h9-12H,5-8H2,1-4H3. The van der Waals surface area contributed by atoms with Crippen LogP contribution in [0.2, 0.25) is 24.2 Å². The van der Waals surface area contributed by atoms with E-state index in [0.29, 0.717) is 0 Å². The zero-order valence-corrected chi connectivity index (χ0v) is 18.2. The molecule has 4 heteroatoms. The lowest BCUT2D eigenvalue weighted by Gasteiger charge is -2.32. The Bertz CT molecular complexity index is 348. The second-order valence-corrected chi connectivity index (χ2v) is 25.0. The van der Waals surface area contributed by atoms with E-state index in [2.05, 4.69) is 95.6 Å². The third-order valence-corrected chi connectivity index (χ3v) is 24.3. The third kappa shape index (κ3) is 3.41. The predicted molar refractivity (Wildman–Crippen MR) is 107 cm³/mol. The predicted octanol–water partition coefficient (Wildman–Crippen LogP) is 4.94. The van der Waals surface area contributed by atoms with Crippen LogP contribution in [0.3, 0.4) is 0 Å². The Kier molecular flexibility index (Phi) is 6.88. The second kappa shape index (κ2) is 7.22. The molecule has 102 valence electrons. The van der Waals surface area contributed by atoms with Crippen LogP contribution in [-0.4, -0.2) is 11.1 Å². The first kappa shape index (κ1) is 17.2. The van der Waals surface area contributed by atoms with Gasteiger partial charge in [0.25, 0.3) is 0 Å². The molecule has 0 aromatic heterocycles. The minimum absolute atomic E-state index is 1.26. The summed E-state index contributed by atoms with van der Waals surface area (Å²) in [5.41, 5.74) is -2.52. The van der Waals surface area contributed by atoms with E-state index in [1.807, 2.05) is 0 Å². The number of halogens is 2. The van der Waals surface area contributed by atoms with Gasteiger partial charge in [-0.25, -0.2) is 0 Å². The lowest BCUT2D eigenvalue weighted by atomic mass is 10.4. The topological polar surface area (TPSA) is 0 Å². The zero-order valence-electron chi connectivity index (χ0n) is 11.9. The van der Waals surface area contributed by atoms with Gasteiger partial charge in [0, 0.05) is 0 Å². The zero-order chi connectivity index (χ0) is 13.8. The van der Waals surface area contributed by atoms with E-state index in [-0.39, 0.29) is 0 Å². The van der Waals surface area contributed by atoms with Gasteiger partial charge < -0.3 is 0 Å². The van der Waals surface area contributed by atoms with Crippen molar-refractivity contribution in [1.82, 2.24) is 0 Å². The monoisotopic (exact) mass is 502 g/mol. The summed E-state index contributed by atoms with van der Waals surface area (Å²) in [4.78, 5) is 0. The summed E-state index contributed by atoms with van der Waals surface area (Å²) in [6.45, 7) is 9.53. The molecule has 1 aromatic carbocycles. The molecule has 18 heavy (non-hydrogen) atoms. The Morgan fingerprint density at radius 1 is 0.722 bits per heavy atom. The SMILES string of the molecule is CC[Si](I)(CC)c1ccccc1[Si](I)(CC)CC. The summed E-state index contributed by atoms with van der Waals surface area (Å²) in [7, 11) is 0. The summed E-state index contributed by atoms with van der Waals surface area (Å²) in [5, 5.41) is 3.50. The average molecular weight is 502 g/mol. The van der Waals surface area contributed by atoms with Crippen molar-refractivity contribution < 1.29 is 0 Å². The van der Waals surface area contributed by atoms with E-state index in [1.54, 1.807) is 10.4 Å². The molecule has 0 aliphatic rings. The summed E-state index contributed by atoms with van der Waals surface area (Å²) >= 11 is 5.65. The fraction of sp³-hybridized carbons (Fsp3) is 0.571. The van der Waals surface area contributed by atoms with Crippen LogP contribution in [0, 0.1) is 0 Å². The van der Waals surface area contributed by atoms with Crippen molar-refractivity contribution >= 4 is 65.1 Å². The molecule has 0 unspecified atom stereocenters. The Morgan fingerprint density at radius 2 is 1.00 bits per heavy atom. The van der Waals surface area contributed by atoms with E-state index in [0.717, 1.165) is 0 Å². The molecular weight excluding hydrogens is 478 g/mol. The molecular formula is C14H24I2Si2. The molecule has 0 nitrogen and oxygen atoms in total. The molecule has 0 amide bonds. The highest BCUT2D eigenvalue weighted by atomic mass is 127. The van der Waals surface area contributed by atoms with Gasteiger partial charge in [-0.05, 0) is 34.5 Å². The van der Waals surface area contributed by atoms with Gasteiger partial charge in [-0.2, -0.15) is 0 Å². The molecule has 0 radical (unpaired) electrons. The molecule has 0 aliphatic heterocycles. The highest BCUT2D eigenvalue weighted by Gasteiger charge is 2.37. The smallest absolute Gasteiger partial charge is 0.113 e. The van der Waals surface area contributed by atoms with Crippen molar-refractivity contribution in [1.29, 1.82) is 0 Å². The van der Waals surface area contributed by atoms with Crippen LogP contribution < -0.4 is 10.4 Å². The van der Waals surface area contributed by atoms with Crippen LogP contribution in [0.5, 0.6) is 0 Å². The van der Waals surface area contributed by atoms with Gasteiger partial charge in [-0.1, -0.05) is 52.0 Å². The second-order valence-electron chi connectivity index (χ2n) is 4.89. The molecule has 0 saturated carbocycles. The van der Waals surface area contributed by atoms with Gasteiger partial charge >= 0.3 is 0 Å². The van der Waals surface area contributed by atoms with Crippen LogP contribution in [0.1, 0.15) is 27.7 Å². The van der Waals surface area contributed by atoms with Crippen molar-refractivity contribution in [3.05, 3.63) is 24.3 Å². The van der Waals surface area contributed by atoms with Gasteiger partial charge in [0.2, 0.25) is 0 Å². The molecule has 0 aliphatic carbocycles. The van der Waals surface area contributed by atoms with Gasteiger partial charge in [0.05, 0.1) is 0 Å². The molecule has 0 spiro atoms. The molecule has 0 bridgehead atoms. The normalized spacial score (nSPS) is 12.8. The summed E-state index contributed by atoms with van der Waals surface area (Å²) < 4.78 is 0. The van der Waals surface area contributed by atoms with Crippen LogP contribution in [0.15, 0.2) is 24.3 Å². The Morgan fingerprint density at radius 3 is 1.22 bits per heavy atom. The molecule has 0 saturated heterocycles. The van der Waals surface area contributed by atoms with Crippen molar-refractivity contribution in [3.63, 3.8) is 0 Å². The Balaban J connectivity index is 3.39. The number of hydrogen-bond donors (Lipinski definition) is 0. The minimum atomic E-state index is -1.26. The maximum Gasteiger partial charge on any atom is 0.155 e. The Hall–Kier alpha value is 1.11. The van der Waals surface area contributed by atoms with Crippen LogP contribution in [-0.2, 0) is 0 Å². The largest absolute Gasteiger partial charge is 0.155 e. The maximum absolute atomic E-state index is 2.82. The molecule has 1 aromatic rings. The lowest BCUT2D eigenvalue weighted by Crippen LogP contribution is -2.57. The van der Waals surface area contributed by atoms with E-state index in [9.17, 15) is 0 Å². The van der Waals surface area contributed by atoms with Crippen LogP contribution >= 0.6 is 43.6 Å². The number of hydrogen-bond acceptors (Lipinski definition) is 0. The molecule has 0 fully saturated rings. The first-order valence-electron chi connectivity index (χ1n) is 6.95. The van der Waals surface area contributed by atoms with Gasteiger partial charge in [0.1, 0.15) is 0 Å². The van der Waals surface area contributed by atoms with Crippen LogP contribution in [0.25, 0.3) is 0 Å². The quantitative estimate of drug-likeness (QED) is 0.294. The van der Waals surface area contributed by atoms with E-state index in [1.165, 1.54) is 24.2 Å². The average Bonchev–Trinajstić information content (AvgIpc) is 2.45. The van der Waals surface area contributed by atoms with E-state index < -0.39 is 11.1 Å². The molecule has 0 atom stereocenters. The van der Waals surface area contributed by atoms with Crippen LogP contribution in [0.4, 0.5) is 0 Å². The van der Waals surface area contributed by atoms with Gasteiger partial charge in [-0.15, -0.1) is 43.6 Å². The maximum atomic E-state index is 2.82. The first-order chi connectivity index (χ1) is 8.47. The molecule has 0 heterocycles. The summed E-state index contributed by atoms with van der Waals surface area (Å²) in [6, 6.07) is 14.8. The fourth-order valence-corrected chi connectivity index (χ4v) is 12.8. The lowest BCUT2D eigenvalue weighted by molar-refractivity contribution is 1.31. The van der Waals surface area contributed by atoms with Crippen molar-refractivity contribution in [2.24, 2.45) is 0 Å². The fourth-order valence-electron chi connectivity index (χ4n) is 2.53. The van der Waals surface area contributed by atoms with Crippen molar-refractivity contribution in [2.45, 2.75) is 51.9 Å². The molecule has 0 N–H and O–H groups in total. The highest BCUT2D eigenvalue weighted by molar-refractivity contribution is 14.1. The first-order valence-corrected chi connectivity index (χ1v) is 18.0. The van der Waals surface area contributed by atoms with E-state index >= 15 is 0 Å². The number of rotatable bonds is 6. The van der Waals surface area contributed by atoms with Gasteiger partial charge in [-0.3, -0.25) is 0 Å². The minimum Gasteiger partial charge on any atom is -0.113 e. The summed E-state index contributed by atoms with van der Waals surface area (Å²) in [5.74, 6) is 0. The third-order valence-electron chi connectivity index (χ3n) is 4.13. The summed E-state index contributed by atoms with van der Waals surface area (Å²) in [6.07, 6.45) is 0. The van der Waals surface area contributed by atoms with Gasteiger partial charge in [0.15, 0.2) is 11.1 Å². The van der Waals surface area contributed by atoms with Crippen molar-refractivity contribution in [2.75, 3.05) is 0 Å². The van der Waals surface area contributed by atoms with E-state index in [4.69, 9.17) is 0 Å². The molecule has 1 rings (SSSR count). The highest BCUT2D eigenvalue weighted by Crippen LogP contribution is 2.27. The number of benzene rings is 1. The Labute approximate surface area is 140 Å². The van der Waals surface area contributed by atoms with Crippen molar-refractivity contribution in [3.8, 4) is 0 Å².